The van der Waals surface area contributed by atoms with E-state index in [0.717, 1.165) is 23.9 Å². The van der Waals surface area contributed by atoms with Crippen LogP contribution in [0.3, 0.4) is 0 Å². The summed E-state index contributed by atoms with van der Waals surface area (Å²) in [5.74, 6) is 2.80. The Labute approximate surface area is 77.4 Å². The van der Waals surface area contributed by atoms with E-state index >= 15 is 0 Å². The number of fused-ring (bicyclic) bond motifs is 1. The van der Waals surface area contributed by atoms with Crippen molar-refractivity contribution >= 4 is 5.82 Å². The van der Waals surface area contributed by atoms with Gasteiger partial charge in [-0.05, 0) is 0 Å². The van der Waals surface area contributed by atoms with Gasteiger partial charge < -0.3 is 10.1 Å². The lowest BCUT2D eigenvalue weighted by Gasteiger charge is -2.18. The van der Waals surface area contributed by atoms with Gasteiger partial charge in [0.25, 0.3) is 0 Å². The van der Waals surface area contributed by atoms with Crippen LogP contribution < -0.4 is 10.1 Å². The third-order valence-electron chi connectivity index (χ3n) is 1.94. The quantitative estimate of drug-likeness (QED) is 0.708. The number of nitrogens with zero attached hydrogens (tertiary/aromatic N) is 2. The number of hydrogen-bond donors (Lipinski definition) is 1. The van der Waals surface area contributed by atoms with Crippen LogP contribution in [0, 0.1) is 0 Å². The smallest absolute Gasteiger partial charge is 0.179 e. The molecule has 2 rings (SSSR count). The highest BCUT2D eigenvalue weighted by molar-refractivity contribution is 5.50. The highest BCUT2D eigenvalue weighted by Crippen LogP contribution is 2.24. The molecule has 70 valence electrons. The molecular weight excluding hydrogens is 166 g/mol. The van der Waals surface area contributed by atoms with Crippen molar-refractivity contribution in [1.29, 1.82) is 0 Å². The van der Waals surface area contributed by atoms with Crippen LogP contribution in [0.2, 0.25) is 0 Å². The Morgan fingerprint density at radius 2 is 2.38 bits per heavy atom. The summed E-state index contributed by atoms with van der Waals surface area (Å²) in [6, 6.07) is 0. The topological polar surface area (TPSA) is 47.0 Å². The first-order chi connectivity index (χ1) is 6.27. The molecule has 13 heavy (non-hydrogen) atoms. The number of ether oxygens (including phenoxy) is 1. The first kappa shape index (κ1) is 8.29. The van der Waals surface area contributed by atoms with Gasteiger partial charge in [-0.25, -0.2) is 9.97 Å². The number of rotatable bonds is 1. The molecule has 2 heterocycles. The van der Waals surface area contributed by atoms with Crippen molar-refractivity contribution in [2.24, 2.45) is 0 Å². The SMILES string of the molecule is CC(C)c1ncc2c(n1)NCCO2. The summed E-state index contributed by atoms with van der Waals surface area (Å²) in [5.41, 5.74) is 0. The van der Waals surface area contributed by atoms with Crippen molar-refractivity contribution in [3.8, 4) is 5.75 Å². The summed E-state index contributed by atoms with van der Waals surface area (Å²) in [4.78, 5) is 8.58. The normalized spacial score (nSPS) is 14.7. The molecule has 0 atom stereocenters. The van der Waals surface area contributed by atoms with Crippen LogP contribution in [0.15, 0.2) is 6.20 Å². The lowest BCUT2D eigenvalue weighted by molar-refractivity contribution is 0.319. The zero-order valence-corrected chi connectivity index (χ0v) is 7.87. The summed E-state index contributed by atoms with van der Waals surface area (Å²) in [6.45, 7) is 5.66. The molecule has 0 fully saturated rings. The molecule has 4 nitrogen and oxygen atoms in total. The van der Waals surface area contributed by atoms with Gasteiger partial charge in [-0.3, -0.25) is 0 Å². The van der Waals surface area contributed by atoms with E-state index < -0.39 is 0 Å². The Kier molecular flexibility index (Phi) is 2.04. The molecule has 0 bridgehead atoms. The summed E-state index contributed by atoms with van der Waals surface area (Å²) in [7, 11) is 0. The molecule has 4 heteroatoms. The molecule has 1 aromatic rings. The zero-order chi connectivity index (χ0) is 9.26. The molecule has 0 radical (unpaired) electrons. The largest absolute Gasteiger partial charge is 0.486 e. The Bertz CT molecular complexity index is 312. The van der Waals surface area contributed by atoms with E-state index in [2.05, 4.69) is 29.1 Å². The number of nitrogens with one attached hydrogen (secondary N) is 1. The lowest BCUT2D eigenvalue weighted by atomic mass is 10.2. The van der Waals surface area contributed by atoms with Gasteiger partial charge in [0.15, 0.2) is 11.6 Å². The van der Waals surface area contributed by atoms with Gasteiger partial charge in [0.1, 0.15) is 12.4 Å². The second-order valence-corrected chi connectivity index (χ2v) is 3.37. The fraction of sp³-hybridized carbons (Fsp3) is 0.556. The van der Waals surface area contributed by atoms with Crippen LogP contribution in [0.4, 0.5) is 5.82 Å². The number of anilines is 1. The fourth-order valence-corrected chi connectivity index (χ4v) is 1.23. The van der Waals surface area contributed by atoms with E-state index in [0.29, 0.717) is 12.5 Å². The summed E-state index contributed by atoms with van der Waals surface area (Å²) >= 11 is 0. The molecule has 0 unspecified atom stereocenters. The Hall–Kier alpha value is -1.32. The molecule has 0 spiro atoms. The van der Waals surface area contributed by atoms with E-state index in [1.165, 1.54) is 0 Å². The van der Waals surface area contributed by atoms with Crippen LogP contribution in [-0.4, -0.2) is 23.1 Å². The van der Waals surface area contributed by atoms with Gasteiger partial charge in [0.2, 0.25) is 0 Å². The molecule has 0 saturated carbocycles. The molecule has 1 aliphatic heterocycles. The Morgan fingerprint density at radius 3 is 3.15 bits per heavy atom. The first-order valence-corrected chi connectivity index (χ1v) is 4.51. The van der Waals surface area contributed by atoms with Gasteiger partial charge in [-0.15, -0.1) is 0 Å². The molecule has 1 aromatic heterocycles. The minimum absolute atomic E-state index is 0.356. The van der Waals surface area contributed by atoms with Crippen LogP contribution >= 0.6 is 0 Å². The monoisotopic (exact) mass is 179 g/mol. The van der Waals surface area contributed by atoms with Crippen molar-refractivity contribution < 1.29 is 4.74 Å². The van der Waals surface area contributed by atoms with Crippen molar-refractivity contribution in [3.63, 3.8) is 0 Å². The highest BCUT2D eigenvalue weighted by Gasteiger charge is 2.13. The van der Waals surface area contributed by atoms with Gasteiger partial charge >= 0.3 is 0 Å². The van der Waals surface area contributed by atoms with E-state index in [-0.39, 0.29) is 0 Å². The Balaban J connectivity index is 2.35. The number of aromatic nitrogens is 2. The van der Waals surface area contributed by atoms with Crippen LogP contribution in [0.1, 0.15) is 25.6 Å². The molecular formula is C9H13N3O. The van der Waals surface area contributed by atoms with Gasteiger partial charge in [-0.1, -0.05) is 13.8 Å². The van der Waals surface area contributed by atoms with E-state index in [1.54, 1.807) is 6.20 Å². The standard InChI is InChI=1S/C9H13N3O/c1-6(2)8-11-5-7-9(12-8)10-3-4-13-7/h5-6H,3-4H2,1-2H3,(H,10,11,12). The average Bonchev–Trinajstić information content (AvgIpc) is 2.17. The average molecular weight is 179 g/mol. The second-order valence-electron chi connectivity index (χ2n) is 3.37. The van der Waals surface area contributed by atoms with Crippen LogP contribution in [0.5, 0.6) is 5.75 Å². The van der Waals surface area contributed by atoms with Crippen LogP contribution in [-0.2, 0) is 0 Å². The maximum Gasteiger partial charge on any atom is 0.179 e. The molecule has 0 aromatic carbocycles. The highest BCUT2D eigenvalue weighted by atomic mass is 16.5. The summed E-state index contributed by atoms with van der Waals surface area (Å²) in [6.07, 6.45) is 1.74. The molecule has 0 saturated heterocycles. The van der Waals surface area contributed by atoms with Crippen molar-refractivity contribution in [2.75, 3.05) is 18.5 Å². The lowest BCUT2D eigenvalue weighted by Crippen LogP contribution is -2.20. The van der Waals surface area contributed by atoms with E-state index in [4.69, 9.17) is 4.74 Å². The predicted molar refractivity (Wildman–Crippen MR) is 50.1 cm³/mol. The molecule has 1 aliphatic rings. The zero-order valence-electron chi connectivity index (χ0n) is 7.87. The fourth-order valence-electron chi connectivity index (χ4n) is 1.23. The minimum Gasteiger partial charge on any atom is -0.486 e. The maximum absolute atomic E-state index is 5.37. The predicted octanol–water partition coefficient (Wildman–Crippen LogP) is 1.40. The second kappa shape index (κ2) is 3.20. The summed E-state index contributed by atoms with van der Waals surface area (Å²) in [5, 5.41) is 3.18. The van der Waals surface area contributed by atoms with Crippen LogP contribution in [0.25, 0.3) is 0 Å². The van der Waals surface area contributed by atoms with E-state index in [1.807, 2.05) is 0 Å². The maximum atomic E-state index is 5.37. The van der Waals surface area contributed by atoms with Gasteiger partial charge in [0, 0.05) is 5.92 Å². The van der Waals surface area contributed by atoms with E-state index in [9.17, 15) is 0 Å². The van der Waals surface area contributed by atoms with Gasteiger partial charge in [0.05, 0.1) is 12.7 Å². The van der Waals surface area contributed by atoms with Crippen molar-refractivity contribution in [3.05, 3.63) is 12.0 Å². The third-order valence-corrected chi connectivity index (χ3v) is 1.94. The van der Waals surface area contributed by atoms with Crippen molar-refractivity contribution in [2.45, 2.75) is 19.8 Å². The molecule has 0 amide bonds. The molecule has 0 aliphatic carbocycles. The first-order valence-electron chi connectivity index (χ1n) is 4.51. The van der Waals surface area contributed by atoms with Crippen molar-refractivity contribution in [1.82, 2.24) is 9.97 Å². The summed E-state index contributed by atoms with van der Waals surface area (Å²) < 4.78 is 5.37. The third kappa shape index (κ3) is 1.56. The Morgan fingerprint density at radius 1 is 1.54 bits per heavy atom. The van der Waals surface area contributed by atoms with Gasteiger partial charge in [-0.2, -0.15) is 0 Å². The minimum atomic E-state index is 0.356. The number of hydrogen-bond acceptors (Lipinski definition) is 4. The molecule has 1 N–H and O–H groups in total.